The van der Waals surface area contributed by atoms with Crippen LogP contribution in [0.15, 0.2) is 77.3 Å². The number of hydrogen-bond acceptors (Lipinski definition) is 4. The van der Waals surface area contributed by atoms with Gasteiger partial charge in [-0.25, -0.2) is 12.8 Å². The minimum absolute atomic E-state index is 0.152. The Labute approximate surface area is 244 Å². The summed E-state index contributed by atoms with van der Waals surface area (Å²) in [7, 11) is -3.89. The van der Waals surface area contributed by atoms with Gasteiger partial charge < -0.3 is 10.2 Å². The molecule has 7 nitrogen and oxygen atoms in total. The van der Waals surface area contributed by atoms with Crippen molar-refractivity contribution >= 4 is 43.5 Å². The first-order valence-electron chi connectivity index (χ1n) is 12.8. The first kappa shape index (κ1) is 31.3. The lowest BCUT2D eigenvalue weighted by Gasteiger charge is -2.35. The molecule has 3 rings (SSSR count). The number of carbonyl (C=O) groups excluding carboxylic acids is 2. The van der Waals surface area contributed by atoms with Crippen LogP contribution in [0.1, 0.15) is 37.5 Å². The average molecular weight is 633 g/mol. The van der Waals surface area contributed by atoms with Crippen LogP contribution in [0.25, 0.3) is 0 Å². The van der Waals surface area contributed by atoms with Crippen molar-refractivity contribution < 1.29 is 22.4 Å². The highest BCUT2D eigenvalue weighted by molar-refractivity contribution is 9.10. The van der Waals surface area contributed by atoms with Crippen molar-refractivity contribution in [2.75, 3.05) is 17.1 Å². The topological polar surface area (TPSA) is 86.8 Å². The molecule has 3 aromatic carbocycles. The summed E-state index contributed by atoms with van der Waals surface area (Å²) in [6, 6.07) is 19.1. The highest BCUT2D eigenvalue weighted by atomic mass is 79.9. The summed E-state index contributed by atoms with van der Waals surface area (Å²) >= 11 is 3.41. The molecule has 0 bridgehead atoms. The fourth-order valence-electron chi connectivity index (χ4n) is 4.21. The number of sulfonamides is 1. The molecule has 1 N–H and O–H groups in total. The number of hydrogen-bond donors (Lipinski definition) is 1. The van der Waals surface area contributed by atoms with E-state index in [-0.39, 0.29) is 18.5 Å². The van der Waals surface area contributed by atoms with Gasteiger partial charge in [0, 0.05) is 28.5 Å². The van der Waals surface area contributed by atoms with Gasteiger partial charge >= 0.3 is 0 Å². The van der Waals surface area contributed by atoms with E-state index in [1.165, 1.54) is 11.0 Å². The Morgan fingerprint density at radius 1 is 1.00 bits per heavy atom. The second kappa shape index (κ2) is 13.0. The maximum atomic E-state index is 14.8. The molecular formula is C30H35BrFN3O4S. The third-order valence-corrected chi connectivity index (χ3v) is 8.21. The zero-order valence-corrected chi connectivity index (χ0v) is 25.7. The molecule has 10 heteroatoms. The summed E-state index contributed by atoms with van der Waals surface area (Å²) in [5.74, 6) is -1.59. The standard InChI is InChI=1S/C30H35BrFN3O4S/c1-21-17-24(15-16-25(21)31)35(40(5,38)39)20-28(36)34(19-23-13-9-10-14-26(23)32)27(29(37)33-30(2,3)4)18-22-11-7-6-8-12-22/h6-17,27H,18-20H2,1-5H3,(H,33,37)/t27-/m1/s1. The molecule has 0 aromatic heterocycles. The molecule has 0 aliphatic carbocycles. The van der Waals surface area contributed by atoms with Crippen molar-refractivity contribution in [3.05, 3.63) is 99.8 Å². The number of halogens is 2. The lowest BCUT2D eigenvalue weighted by Crippen LogP contribution is -2.56. The quantitative estimate of drug-likeness (QED) is 0.332. The Balaban J connectivity index is 2.10. The maximum Gasteiger partial charge on any atom is 0.244 e. The monoisotopic (exact) mass is 631 g/mol. The summed E-state index contributed by atoms with van der Waals surface area (Å²) in [5.41, 5.74) is 1.50. The molecule has 0 saturated carbocycles. The molecule has 0 spiro atoms. The summed E-state index contributed by atoms with van der Waals surface area (Å²) in [4.78, 5) is 29.0. The van der Waals surface area contributed by atoms with E-state index in [9.17, 15) is 22.4 Å². The van der Waals surface area contributed by atoms with Crippen LogP contribution in [0.3, 0.4) is 0 Å². The number of benzene rings is 3. The molecule has 0 heterocycles. The van der Waals surface area contributed by atoms with Crippen molar-refractivity contribution in [2.45, 2.75) is 52.2 Å². The first-order valence-corrected chi connectivity index (χ1v) is 15.4. The maximum absolute atomic E-state index is 14.8. The number of carbonyl (C=O) groups is 2. The number of rotatable bonds is 10. The van der Waals surface area contributed by atoms with Crippen LogP contribution < -0.4 is 9.62 Å². The summed E-state index contributed by atoms with van der Waals surface area (Å²) in [5, 5.41) is 2.94. The van der Waals surface area contributed by atoms with Gasteiger partial charge in [0.15, 0.2) is 0 Å². The van der Waals surface area contributed by atoms with Gasteiger partial charge in [-0.05, 0) is 63.1 Å². The average Bonchev–Trinajstić information content (AvgIpc) is 2.86. The van der Waals surface area contributed by atoms with Gasteiger partial charge in [0.1, 0.15) is 18.4 Å². The number of nitrogens with zero attached hydrogens (tertiary/aromatic N) is 2. The lowest BCUT2D eigenvalue weighted by molar-refractivity contribution is -0.140. The van der Waals surface area contributed by atoms with E-state index < -0.39 is 45.8 Å². The van der Waals surface area contributed by atoms with Crippen molar-refractivity contribution in [2.24, 2.45) is 0 Å². The van der Waals surface area contributed by atoms with Crippen LogP contribution in [0, 0.1) is 12.7 Å². The van der Waals surface area contributed by atoms with Gasteiger partial charge in [0.2, 0.25) is 21.8 Å². The molecule has 0 unspecified atom stereocenters. The van der Waals surface area contributed by atoms with E-state index in [1.54, 1.807) is 36.4 Å². The third kappa shape index (κ3) is 8.63. The van der Waals surface area contributed by atoms with Gasteiger partial charge in [-0.15, -0.1) is 0 Å². The SMILES string of the molecule is Cc1cc(N(CC(=O)N(Cc2ccccc2F)[C@H](Cc2ccccc2)C(=O)NC(C)(C)C)S(C)(=O)=O)ccc1Br. The van der Waals surface area contributed by atoms with E-state index in [0.717, 1.165) is 26.2 Å². The summed E-state index contributed by atoms with van der Waals surface area (Å²) in [6.07, 6.45) is 1.17. The molecule has 3 aromatic rings. The summed E-state index contributed by atoms with van der Waals surface area (Å²) < 4.78 is 42.4. The molecule has 0 radical (unpaired) electrons. The Kier molecular flexibility index (Phi) is 10.1. The van der Waals surface area contributed by atoms with Crippen LogP contribution in [0.2, 0.25) is 0 Å². The largest absolute Gasteiger partial charge is 0.350 e. The normalized spacial score (nSPS) is 12.5. The second-order valence-electron chi connectivity index (χ2n) is 10.8. The first-order chi connectivity index (χ1) is 18.7. The molecule has 0 fully saturated rings. The summed E-state index contributed by atoms with van der Waals surface area (Å²) in [6.45, 7) is 6.51. The zero-order chi connectivity index (χ0) is 29.7. The molecule has 214 valence electrons. The van der Waals surface area contributed by atoms with Crippen molar-refractivity contribution in [3.8, 4) is 0 Å². The van der Waals surface area contributed by atoms with Crippen LogP contribution in [0.5, 0.6) is 0 Å². The third-order valence-electron chi connectivity index (χ3n) is 6.18. The van der Waals surface area contributed by atoms with Gasteiger partial charge in [-0.2, -0.15) is 0 Å². The minimum atomic E-state index is -3.89. The lowest BCUT2D eigenvalue weighted by atomic mass is 10.0. The van der Waals surface area contributed by atoms with E-state index in [2.05, 4.69) is 21.2 Å². The molecule has 0 saturated heterocycles. The van der Waals surface area contributed by atoms with Gasteiger partial charge in [-0.3, -0.25) is 13.9 Å². The van der Waals surface area contributed by atoms with E-state index >= 15 is 0 Å². The Hall–Kier alpha value is -3.24. The highest BCUT2D eigenvalue weighted by Crippen LogP contribution is 2.26. The number of anilines is 1. The van der Waals surface area contributed by atoms with Crippen LogP contribution in [-0.2, 0) is 32.6 Å². The van der Waals surface area contributed by atoms with Crippen molar-refractivity contribution in [3.63, 3.8) is 0 Å². The number of aryl methyl sites for hydroxylation is 1. The predicted molar refractivity (Wildman–Crippen MR) is 160 cm³/mol. The van der Waals surface area contributed by atoms with Crippen LogP contribution in [0.4, 0.5) is 10.1 Å². The zero-order valence-electron chi connectivity index (χ0n) is 23.3. The smallest absolute Gasteiger partial charge is 0.244 e. The molecule has 0 aliphatic heterocycles. The van der Waals surface area contributed by atoms with Crippen molar-refractivity contribution in [1.29, 1.82) is 0 Å². The van der Waals surface area contributed by atoms with Gasteiger partial charge in [0.25, 0.3) is 0 Å². The molecule has 0 aliphatic rings. The molecule has 2 amide bonds. The Morgan fingerprint density at radius 3 is 2.20 bits per heavy atom. The number of amides is 2. The van der Waals surface area contributed by atoms with Crippen LogP contribution >= 0.6 is 15.9 Å². The van der Waals surface area contributed by atoms with E-state index in [0.29, 0.717) is 5.69 Å². The Bertz CT molecular complexity index is 1460. The minimum Gasteiger partial charge on any atom is -0.350 e. The molecule has 40 heavy (non-hydrogen) atoms. The fourth-order valence-corrected chi connectivity index (χ4v) is 5.30. The Morgan fingerprint density at radius 2 is 1.62 bits per heavy atom. The van der Waals surface area contributed by atoms with Gasteiger partial charge in [-0.1, -0.05) is 64.5 Å². The second-order valence-corrected chi connectivity index (χ2v) is 13.5. The van der Waals surface area contributed by atoms with Gasteiger partial charge in [0.05, 0.1) is 11.9 Å². The van der Waals surface area contributed by atoms with E-state index in [4.69, 9.17) is 0 Å². The van der Waals surface area contributed by atoms with E-state index in [1.807, 2.05) is 58.0 Å². The van der Waals surface area contributed by atoms with Crippen molar-refractivity contribution in [1.82, 2.24) is 10.2 Å². The highest BCUT2D eigenvalue weighted by Gasteiger charge is 2.34. The molecule has 1 atom stereocenters. The predicted octanol–water partition coefficient (Wildman–Crippen LogP) is 5.22. The fraction of sp³-hybridized carbons (Fsp3) is 0.333. The molecular weight excluding hydrogens is 597 g/mol. The van der Waals surface area contributed by atoms with Crippen LogP contribution in [-0.4, -0.2) is 49.5 Å². The number of nitrogens with one attached hydrogen (secondary N) is 1.